The van der Waals surface area contributed by atoms with Gasteiger partial charge in [0.25, 0.3) is 0 Å². The lowest BCUT2D eigenvalue weighted by atomic mass is 10.2. The van der Waals surface area contributed by atoms with Crippen LogP contribution in [0.5, 0.6) is 0 Å². The monoisotopic (exact) mass is 401 g/mol. The largest absolute Gasteiger partial charge is 0.345 e. The molecule has 138 valence electrons. The number of anilines is 1. The number of carbonyl (C=O) groups is 1. The van der Waals surface area contributed by atoms with Gasteiger partial charge in [-0.2, -0.15) is 0 Å². The van der Waals surface area contributed by atoms with Crippen LogP contribution in [0.2, 0.25) is 5.02 Å². The summed E-state index contributed by atoms with van der Waals surface area (Å²) in [5.41, 5.74) is 1.24. The Balaban J connectivity index is 1.40. The lowest BCUT2D eigenvalue weighted by Crippen LogP contribution is -2.48. The van der Waals surface area contributed by atoms with Gasteiger partial charge < -0.3 is 9.80 Å². The van der Waals surface area contributed by atoms with Gasteiger partial charge in [-0.05, 0) is 29.8 Å². The van der Waals surface area contributed by atoms with Gasteiger partial charge in [0.05, 0.1) is 4.70 Å². The zero-order chi connectivity index (χ0) is 18.8. The third-order valence-electron chi connectivity index (χ3n) is 4.53. The van der Waals surface area contributed by atoms with E-state index < -0.39 is 0 Å². The number of carbonyl (C=O) groups excluding carboxylic acids is 1. The van der Waals surface area contributed by atoms with Crippen LogP contribution in [-0.2, 0) is 4.79 Å². The van der Waals surface area contributed by atoms with Crippen molar-refractivity contribution in [2.24, 2.45) is 0 Å². The molecule has 27 heavy (non-hydrogen) atoms. The number of nitrogens with zero attached hydrogens (tertiary/aromatic N) is 3. The highest BCUT2D eigenvalue weighted by Crippen LogP contribution is 2.30. The highest BCUT2D eigenvalue weighted by atomic mass is 35.5. The molecule has 0 bridgehead atoms. The van der Waals surface area contributed by atoms with Gasteiger partial charge in [-0.3, -0.25) is 4.79 Å². The average molecular weight is 402 g/mol. The number of rotatable bonds is 3. The van der Waals surface area contributed by atoms with E-state index in [0.29, 0.717) is 36.7 Å². The van der Waals surface area contributed by atoms with Gasteiger partial charge in [0.2, 0.25) is 5.91 Å². The van der Waals surface area contributed by atoms with E-state index in [1.165, 1.54) is 17.4 Å². The van der Waals surface area contributed by atoms with Gasteiger partial charge in [-0.15, -0.1) is 0 Å². The first-order chi connectivity index (χ1) is 13.1. The molecule has 7 heteroatoms. The molecule has 2 heterocycles. The van der Waals surface area contributed by atoms with E-state index in [4.69, 9.17) is 11.6 Å². The molecule has 3 aromatic rings. The second-order valence-electron chi connectivity index (χ2n) is 6.25. The van der Waals surface area contributed by atoms with E-state index in [2.05, 4.69) is 9.88 Å². The molecule has 0 aliphatic carbocycles. The minimum atomic E-state index is -0.298. The van der Waals surface area contributed by atoms with E-state index in [1.807, 2.05) is 24.3 Å². The molecule has 1 aromatic heterocycles. The number of amides is 1. The predicted octanol–water partition coefficient (Wildman–Crippen LogP) is 4.45. The molecule has 0 unspecified atom stereocenters. The van der Waals surface area contributed by atoms with Crippen LogP contribution in [0.15, 0.2) is 48.5 Å². The molecule has 2 aromatic carbocycles. The van der Waals surface area contributed by atoms with Gasteiger partial charge in [-0.25, -0.2) is 9.37 Å². The van der Waals surface area contributed by atoms with Crippen molar-refractivity contribution in [3.05, 3.63) is 64.9 Å². The quantitative estimate of drug-likeness (QED) is 0.608. The zero-order valence-corrected chi connectivity index (χ0v) is 16.0. The molecule has 1 amide bonds. The Morgan fingerprint density at radius 1 is 1.11 bits per heavy atom. The maximum absolute atomic E-state index is 13.8. The molecule has 0 spiro atoms. The summed E-state index contributed by atoms with van der Waals surface area (Å²) >= 11 is 7.59. The van der Waals surface area contributed by atoms with Crippen LogP contribution in [0.4, 0.5) is 9.52 Å². The van der Waals surface area contributed by atoms with Crippen molar-refractivity contribution in [3.8, 4) is 0 Å². The number of para-hydroxylation sites is 1. The van der Waals surface area contributed by atoms with Crippen molar-refractivity contribution in [3.63, 3.8) is 0 Å². The molecule has 1 aliphatic heterocycles. The molecule has 0 radical (unpaired) electrons. The Labute approximate surface area is 165 Å². The SMILES string of the molecule is O=C(/C=C/c1ccccc1Cl)N1CCN(c2nc3c(F)cccc3s2)CC1. The molecule has 0 saturated carbocycles. The van der Waals surface area contributed by atoms with Crippen molar-refractivity contribution in [1.29, 1.82) is 0 Å². The molecular formula is C20H17ClFN3OS. The predicted molar refractivity (Wildman–Crippen MR) is 109 cm³/mol. The zero-order valence-electron chi connectivity index (χ0n) is 14.4. The fraction of sp³-hybridized carbons (Fsp3) is 0.200. The number of benzene rings is 2. The van der Waals surface area contributed by atoms with Gasteiger partial charge in [0.1, 0.15) is 11.3 Å². The first-order valence-electron chi connectivity index (χ1n) is 8.63. The molecular weight excluding hydrogens is 385 g/mol. The lowest BCUT2D eigenvalue weighted by Gasteiger charge is -2.34. The maximum atomic E-state index is 13.8. The van der Waals surface area contributed by atoms with E-state index in [0.717, 1.165) is 15.4 Å². The molecule has 0 atom stereocenters. The van der Waals surface area contributed by atoms with Gasteiger partial charge in [-0.1, -0.05) is 47.2 Å². The van der Waals surface area contributed by atoms with Crippen LogP contribution in [0.1, 0.15) is 5.56 Å². The Morgan fingerprint density at radius 2 is 1.89 bits per heavy atom. The number of hydrogen-bond donors (Lipinski definition) is 0. The number of aromatic nitrogens is 1. The highest BCUT2D eigenvalue weighted by Gasteiger charge is 2.22. The number of hydrogen-bond acceptors (Lipinski definition) is 4. The Hall–Kier alpha value is -2.44. The van der Waals surface area contributed by atoms with Crippen LogP contribution >= 0.6 is 22.9 Å². The topological polar surface area (TPSA) is 36.4 Å². The fourth-order valence-corrected chi connectivity index (χ4v) is 4.26. The molecule has 0 N–H and O–H groups in total. The summed E-state index contributed by atoms with van der Waals surface area (Å²) in [6, 6.07) is 12.4. The number of halogens is 2. The number of thiazole rings is 1. The molecule has 4 rings (SSSR count). The maximum Gasteiger partial charge on any atom is 0.246 e. The van der Waals surface area contributed by atoms with Crippen molar-refractivity contribution < 1.29 is 9.18 Å². The first kappa shape index (κ1) is 17.9. The smallest absolute Gasteiger partial charge is 0.246 e. The van der Waals surface area contributed by atoms with Gasteiger partial charge >= 0.3 is 0 Å². The Morgan fingerprint density at radius 3 is 2.63 bits per heavy atom. The molecule has 4 nitrogen and oxygen atoms in total. The Bertz CT molecular complexity index is 1010. The Kier molecular flexibility index (Phi) is 5.09. The number of piperazine rings is 1. The third kappa shape index (κ3) is 3.82. The summed E-state index contributed by atoms with van der Waals surface area (Å²) in [5.74, 6) is -0.335. The van der Waals surface area contributed by atoms with Crippen LogP contribution in [0.25, 0.3) is 16.3 Å². The molecule has 1 fully saturated rings. The van der Waals surface area contributed by atoms with E-state index in [-0.39, 0.29) is 11.7 Å². The summed E-state index contributed by atoms with van der Waals surface area (Å²) < 4.78 is 14.7. The second-order valence-corrected chi connectivity index (χ2v) is 7.67. The minimum absolute atomic E-state index is 0.0371. The van der Waals surface area contributed by atoms with Crippen molar-refractivity contribution >= 4 is 50.3 Å². The first-order valence-corrected chi connectivity index (χ1v) is 9.83. The summed E-state index contributed by atoms with van der Waals surface area (Å²) in [6.45, 7) is 2.55. The fourth-order valence-electron chi connectivity index (χ4n) is 3.03. The van der Waals surface area contributed by atoms with E-state index in [1.54, 1.807) is 29.2 Å². The van der Waals surface area contributed by atoms with Crippen LogP contribution < -0.4 is 4.90 Å². The standard InChI is InChI=1S/C20H17ClFN3OS/c21-15-5-2-1-4-14(15)8-9-18(26)24-10-12-25(13-11-24)20-23-19-16(22)6-3-7-17(19)27-20/h1-9H,10-13H2/b9-8+. The van der Waals surface area contributed by atoms with E-state index >= 15 is 0 Å². The molecule has 1 saturated heterocycles. The minimum Gasteiger partial charge on any atom is -0.345 e. The van der Waals surface area contributed by atoms with Crippen molar-refractivity contribution in [2.75, 3.05) is 31.1 Å². The van der Waals surface area contributed by atoms with Crippen LogP contribution in [0, 0.1) is 5.82 Å². The van der Waals surface area contributed by atoms with Gasteiger partial charge in [0, 0.05) is 37.3 Å². The van der Waals surface area contributed by atoms with E-state index in [9.17, 15) is 9.18 Å². The normalized spacial score (nSPS) is 15.0. The van der Waals surface area contributed by atoms with Gasteiger partial charge in [0.15, 0.2) is 5.13 Å². The summed E-state index contributed by atoms with van der Waals surface area (Å²) in [5, 5.41) is 1.42. The van der Waals surface area contributed by atoms with Crippen LogP contribution in [0.3, 0.4) is 0 Å². The summed E-state index contributed by atoms with van der Waals surface area (Å²) in [7, 11) is 0. The summed E-state index contributed by atoms with van der Waals surface area (Å²) in [6.07, 6.45) is 3.30. The second kappa shape index (κ2) is 7.66. The molecule has 1 aliphatic rings. The lowest BCUT2D eigenvalue weighted by molar-refractivity contribution is -0.126. The summed E-state index contributed by atoms with van der Waals surface area (Å²) in [4.78, 5) is 20.8. The highest BCUT2D eigenvalue weighted by molar-refractivity contribution is 7.22. The van der Waals surface area contributed by atoms with Crippen molar-refractivity contribution in [2.45, 2.75) is 0 Å². The van der Waals surface area contributed by atoms with Crippen molar-refractivity contribution in [1.82, 2.24) is 9.88 Å². The van der Waals surface area contributed by atoms with Crippen LogP contribution in [-0.4, -0.2) is 42.0 Å². The number of fused-ring (bicyclic) bond motifs is 1. The average Bonchev–Trinajstić information content (AvgIpc) is 3.13. The third-order valence-corrected chi connectivity index (χ3v) is 5.96.